The number of rotatable bonds is 6. The zero-order chi connectivity index (χ0) is 12.6. The smallest absolute Gasteiger partial charge is 0.115 e. The van der Waals surface area contributed by atoms with Crippen molar-refractivity contribution in [3.8, 4) is 0 Å². The van der Waals surface area contributed by atoms with Crippen molar-refractivity contribution < 1.29 is 0 Å². The van der Waals surface area contributed by atoms with E-state index in [1.807, 2.05) is 12.4 Å². The molecule has 0 bridgehead atoms. The first-order chi connectivity index (χ1) is 8.84. The topological polar surface area (TPSA) is 44.3 Å². The van der Waals surface area contributed by atoms with Crippen LogP contribution in [-0.2, 0) is 6.54 Å². The minimum Gasteiger partial charge on any atom is -0.313 e. The average Bonchev–Trinajstić information content (AvgIpc) is 2.42. The summed E-state index contributed by atoms with van der Waals surface area (Å²) in [6.45, 7) is 7.95. The lowest BCUT2D eigenvalue weighted by atomic mass is 10.3. The van der Waals surface area contributed by atoms with Crippen molar-refractivity contribution in [3.05, 3.63) is 24.3 Å². The maximum Gasteiger partial charge on any atom is 0.115 e. The predicted molar refractivity (Wildman–Crippen MR) is 72.3 cm³/mol. The van der Waals surface area contributed by atoms with Gasteiger partial charge in [0.25, 0.3) is 0 Å². The van der Waals surface area contributed by atoms with Crippen molar-refractivity contribution in [1.29, 1.82) is 0 Å². The van der Waals surface area contributed by atoms with Gasteiger partial charge in [-0.2, -0.15) is 0 Å². The molecule has 0 radical (unpaired) electrons. The maximum absolute atomic E-state index is 4.00. The Labute approximate surface area is 109 Å². The molecule has 0 spiro atoms. The molecular weight excluding hydrogens is 226 g/mol. The van der Waals surface area contributed by atoms with E-state index >= 15 is 0 Å². The Morgan fingerprint density at radius 1 is 1.17 bits per heavy atom. The van der Waals surface area contributed by atoms with Gasteiger partial charge in [0.1, 0.15) is 6.33 Å². The molecule has 2 heterocycles. The summed E-state index contributed by atoms with van der Waals surface area (Å²) in [6.07, 6.45) is 6.50. The van der Waals surface area contributed by atoms with Crippen LogP contribution in [0.4, 0.5) is 0 Å². The van der Waals surface area contributed by atoms with E-state index in [0.29, 0.717) is 0 Å². The lowest BCUT2D eigenvalue weighted by molar-refractivity contribution is 0.153. The van der Waals surface area contributed by atoms with E-state index in [1.54, 1.807) is 6.33 Å². The molecule has 0 saturated carbocycles. The van der Waals surface area contributed by atoms with Crippen LogP contribution in [0.1, 0.15) is 12.0 Å². The van der Waals surface area contributed by atoms with E-state index < -0.39 is 0 Å². The number of aromatic nitrogens is 2. The number of hydrogen-bond acceptors (Lipinski definition) is 5. The van der Waals surface area contributed by atoms with Crippen molar-refractivity contribution in [2.45, 2.75) is 13.0 Å². The van der Waals surface area contributed by atoms with Crippen LogP contribution in [0.3, 0.4) is 0 Å². The lowest BCUT2D eigenvalue weighted by Crippen LogP contribution is -2.45. The SMILES string of the molecule is CN1CCN(CCCNCc2cncnc2)CC1. The third-order valence-electron chi connectivity index (χ3n) is 3.37. The number of nitrogens with zero attached hydrogens (tertiary/aromatic N) is 4. The highest BCUT2D eigenvalue weighted by molar-refractivity contribution is 5.01. The van der Waals surface area contributed by atoms with Crippen LogP contribution in [0.5, 0.6) is 0 Å². The molecule has 0 atom stereocenters. The van der Waals surface area contributed by atoms with E-state index in [-0.39, 0.29) is 0 Å². The van der Waals surface area contributed by atoms with E-state index in [4.69, 9.17) is 0 Å². The quantitative estimate of drug-likeness (QED) is 0.730. The van der Waals surface area contributed by atoms with Crippen molar-refractivity contribution in [3.63, 3.8) is 0 Å². The molecule has 100 valence electrons. The molecule has 0 aromatic carbocycles. The first-order valence-electron chi connectivity index (χ1n) is 6.70. The molecule has 5 nitrogen and oxygen atoms in total. The van der Waals surface area contributed by atoms with Gasteiger partial charge in [-0.25, -0.2) is 9.97 Å². The third kappa shape index (κ3) is 4.68. The molecule has 2 rings (SSSR count). The number of piperazine rings is 1. The number of nitrogens with one attached hydrogen (secondary N) is 1. The number of likely N-dealkylation sites (N-methyl/N-ethyl adjacent to an activating group) is 1. The fourth-order valence-electron chi connectivity index (χ4n) is 2.15. The van der Waals surface area contributed by atoms with E-state index in [9.17, 15) is 0 Å². The summed E-state index contributed by atoms with van der Waals surface area (Å²) >= 11 is 0. The van der Waals surface area contributed by atoms with Gasteiger partial charge in [0.15, 0.2) is 0 Å². The fraction of sp³-hybridized carbons (Fsp3) is 0.692. The zero-order valence-electron chi connectivity index (χ0n) is 11.2. The van der Waals surface area contributed by atoms with Gasteiger partial charge >= 0.3 is 0 Å². The average molecular weight is 249 g/mol. The second-order valence-electron chi connectivity index (χ2n) is 4.92. The van der Waals surface area contributed by atoms with Crippen molar-refractivity contribution in [2.75, 3.05) is 46.3 Å². The van der Waals surface area contributed by atoms with Gasteiger partial charge in [-0.3, -0.25) is 0 Å². The molecule has 1 aliphatic heterocycles. The molecule has 0 unspecified atom stereocenters. The molecule has 1 N–H and O–H groups in total. The highest BCUT2D eigenvalue weighted by Gasteiger charge is 2.12. The maximum atomic E-state index is 4.00. The lowest BCUT2D eigenvalue weighted by Gasteiger charge is -2.32. The van der Waals surface area contributed by atoms with Crippen LogP contribution in [-0.4, -0.2) is 66.1 Å². The molecule has 1 fully saturated rings. The highest BCUT2D eigenvalue weighted by Crippen LogP contribution is 1.99. The van der Waals surface area contributed by atoms with Gasteiger partial charge in [-0.1, -0.05) is 0 Å². The Balaban J connectivity index is 1.51. The van der Waals surface area contributed by atoms with Crippen molar-refractivity contribution in [2.24, 2.45) is 0 Å². The second kappa shape index (κ2) is 7.41. The van der Waals surface area contributed by atoms with E-state index in [2.05, 4.69) is 32.1 Å². The molecule has 1 aromatic heterocycles. The fourth-order valence-corrected chi connectivity index (χ4v) is 2.15. The van der Waals surface area contributed by atoms with Gasteiger partial charge in [0, 0.05) is 50.7 Å². The van der Waals surface area contributed by atoms with Gasteiger partial charge in [0.05, 0.1) is 0 Å². The van der Waals surface area contributed by atoms with Crippen molar-refractivity contribution >= 4 is 0 Å². The Hall–Kier alpha value is -1.04. The summed E-state index contributed by atoms with van der Waals surface area (Å²) in [5, 5.41) is 3.43. The summed E-state index contributed by atoms with van der Waals surface area (Å²) in [6, 6.07) is 0. The summed E-state index contributed by atoms with van der Waals surface area (Å²) in [5.74, 6) is 0. The van der Waals surface area contributed by atoms with Gasteiger partial charge in [-0.05, 0) is 26.6 Å². The normalized spacial score (nSPS) is 18.1. The third-order valence-corrected chi connectivity index (χ3v) is 3.37. The van der Waals surface area contributed by atoms with Crippen LogP contribution in [0.25, 0.3) is 0 Å². The van der Waals surface area contributed by atoms with Gasteiger partial charge < -0.3 is 15.1 Å². The first-order valence-corrected chi connectivity index (χ1v) is 6.70. The van der Waals surface area contributed by atoms with E-state index in [0.717, 1.165) is 18.7 Å². The zero-order valence-corrected chi connectivity index (χ0v) is 11.2. The largest absolute Gasteiger partial charge is 0.313 e. The summed E-state index contributed by atoms with van der Waals surface area (Å²) in [7, 11) is 2.20. The second-order valence-corrected chi connectivity index (χ2v) is 4.92. The summed E-state index contributed by atoms with van der Waals surface area (Å²) in [5.41, 5.74) is 1.15. The molecule has 1 aromatic rings. The van der Waals surface area contributed by atoms with Crippen LogP contribution in [0, 0.1) is 0 Å². The first kappa shape index (κ1) is 13.4. The Kier molecular flexibility index (Phi) is 5.51. The molecule has 18 heavy (non-hydrogen) atoms. The summed E-state index contributed by atoms with van der Waals surface area (Å²) in [4.78, 5) is 12.9. The van der Waals surface area contributed by atoms with Crippen molar-refractivity contribution in [1.82, 2.24) is 25.1 Å². The minimum absolute atomic E-state index is 0.865. The van der Waals surface area contributed by atoms with Crippen LogP contribution in [0.15, 0.2) is 18.7 Å². The van der Waals surface area contributed by atoms with E-state index in [1.165, 1.54) is 39.1 Å². The standard InChI is InChI=1S/C13H23N5/c1-17-5-7-18(8-6-17)4-2-3-14-9-13-10-15-12-16-11-13/h10-12,14H,2-9H2,1H3. The predicted octanol–water partition coefficient (Wildman–Crippen LogP) is 0.204. The molecule has 5 heteroatoms. The molecular formula is C13H23N5. The molecule has 1 saturated heterocycles. The summed E-state index contributed by atoms with van der Waals surface area (Å²) < 4.78 is 0. The minimum atomic E-state index is 0.865. The Bertz CT molecular complexity index is 321. The highest BCUT2D eigenvalue weighted by atomic mass is 15.2. The monoisotopic (exact) mass is 249 g/mol. The number of hydrogen-bond donors (Lipinski definition) is 1. The van der Waals surface area contributed by atoms with Crippen LogP contribution in [0.2, 0.25) is 0 Å². The van der Waals surface area contributed by atoms with Crippen LogP contribution < -0.4 is 5.32 Å². The Morgan fingerprint density at radius 2 is 1.89 bits per heavy atom. The molecule has 0 amide bonds. The van der Waals surface area contributed by atoms with Gasteiger partial charge in [0.2, 0.25) is 0 Å². The van der Waals surface area contributed by atoms with Crippen LogP contribution >= 0.6 is 0 Å². The van der Waals surface area contributed by atoms with Gasteiger partial charge in [-0.15, -0.1) is 0 Å². The molecule has 1 aliphatic rings. The molecule has 0 aliphatic carbocycles. The Morgan fingerprint density at radius 3 is 2.61 bits per heavy atom.